The van der Waals surface area contributed by atoms with E-state index in [0.717, 1.165) is 16.6 Å². The van der Waals surface area contributed by atoms with Crippen molar-refractivity contribution in [1.82, 2.24) is 26.3 Å². The second-order valence-corrected chi connectivity index (χ2v) is 22.8. The highest BCUT2D eigenvalue weighted by Gasteiger charge is 2.27. The predicted octanol–water partition coefficient (Wildman–Crippen LogP) is 9.70. The third-order valence-corrected chi connectivity index (χ3v) is 9.78. The van der Waals surface area contributed by atoms with Crippen molar-refractivity contribution in [3.8, 4) is 0 Å². The summed E-state index contributed by atoms with van der Waals surface area (Å²) >= 11 is 0. The number of urea groups is 1. The Morgan fingerprint density at radius 1 is 0.594 bits per heavy atom. The van der Waals surface area contributed by atoms with Crippen LogP contribution in [0.3, 0.4) is 0 Å². The number of rotatable bonds is 13. The van der Waals surface area contributed by atoms with E-state index < -0.39 is 70.4 Å². The molecule has 1 aromatic heterocycles. The Balaban J connectivity index is -0.000000373. The largest absolute Gasteiger partial charge is 0.437 e. The van der Waals surface area contributed by atoms with Gasteiger partial charge in [-0.25, -0.2) is 19.2 Å². The molecule has 0 radical (unpaired) electrons. The topological polar surface area (TPSA) is 300 Å². The normalized spacial score (nSPS) is 11.7. The van der Waals surface area contributed by atoms with Gasteiger partial charge in [-0.15, -0.1) is 0 Å². The van der Waals surface area contributed by atoms with E-state index in [4.69, 9.17) is 28.3 Å². The zero-order valence-electron chi connectivity index (χ0n) is 38.9. The standard InChI is InChI=1S/C13H17N3O.C10H22NO5P.C8H18NO5P.C6H14NO5P.2CH4/c1-13(2,3)16-12(17)15-10-4-5-11-9(8-10)6-7-14-11;1-6-15-17(13,16-7-2)8-14-9(12)11-10(3,4)5;1-8(2,3)9-7(10)14-6-15(11,12-4)13-5;1-6(2,3)7-5(8)12-4-13(9,10)11;;/h4-8,14H,1-3H3,(H2,15,16,17);6-8H2,1-5H3,(H,11,12);6H2,1-5H3,(H,9,10);4H2,1-3H3,(H,7,8)(H2,9,10,11);2*1H4. The first-order valence-electron chi connectivity index (χ1n) is 19.1. The van der Waals surface area contributed by atoms with E-state index in [-0.39, 0.29) is 46.0 Å². The molecule has 0 aliphatic heterocycles. The highest BCUT2D eigenvalue weighted by Crippen LogP contribution is 2.48. The van der Waals surface area contributed by atoms with E-state index in [1.54, 1.807) is 55.4 Å². The van der Waals surface area contributed by atoms with Crippen molar-refractivity contribution in [2.75, 3.05) is 51.8 Å². The Bertz CT molecular complexity index is 1810. The SMILES string of the molecule is C.C.CC(C)(C)NC(=O)Nc1ccc2[nH]ccc2c1.CC(C)(C)NC(=O)OCP(=O)(O)O.CCOP(=O)(COC(=O)NC(C)(C)C)OCC.COP(=O)(COC(=O)NC(C)(C)C)OC. The van der Waals surface area contributed by atoms with Gasteiger partial charge in [0.05, 0.1) is 13.2 Å². The van der Waals surface area contributed by atoms with Gasteiger partial charge in [-0.1, -0.05) is 14.9 Å². The van der Waals surface area contributed by atoms with Crippen molar-refractivity contribution in [3.05, 3.63) is 30.5 Å². The minimum atomic E-state index is -4.27. The highest BCUT2D eigenvalue weighted by atomic mass is 31.2. The molecule has 2 rings (SSSR count). The summed E-state index contributed by atoms with van der Waals surface area (Å²) in [5, 5.41) is 14.3. The monoisotopic (exact) mass is 980 g/mol. The Morgan fingerprint density at radius 2 is 0.969 bits per heavy atom. The summed E-state index contributed by atoms with van der Waals surface area (Å²) in [5.74, 6) is 0. The maximum Gasteiger partial charge on any atom is 0.408 e. The van der Waals surface area contributed by atoms with Crippen molar-refractivity contribution in [3.63, 3.8) is 0 Å². The molecule has 0 atom stereocenters. The number of aromatic nitrogens is 1. The summed E-state index contributed by atoms with van der Waals surface area (Å²) in [6.45, 7) is 25.8. The number of carbonyl (C=O) groups excluding carboxylic acids is 4. The number of nitrogens with one attached hydrogen (secondary N) is 6. The second kappa shape index (κ2) is 29.7. The lowest BCUT2D eigenvalue weighted by Crippen LogP contribution is -2.43. The predicted molar refractivity (Wildman–Crippen MR) is 251 cm³/mol. The molecule has 0 spiro atoms. The highest BCUT2D eigenvalue weighted by molar-refractivity contribution is 7.54. The fourth-order valence-corrected chi connectivity index (χ4v) is 5.97. The van der Waals surface area contributed by atoms with Crippen LogP contribution in [0.15, 0.2) is 30.5 Å². The van der Waals surface area contributed by atoms with Crippen LogP contribution in [0.4, 0.5) is 24.9 Å². The minimum Gasteiger partial charge on any atom is -0.437 e. The van der Waals surface area contributed by atoms with E-state index in [9.17, 15) is 32.9 Å². The van der Waals surface area contributed by atoms with E-state index in [1.165, 1.54) is 14.2 Å². The fourth-order valence-electron chi connectivity index (χ4n) is 3.76. The molecule has 376 valence electrons. The molecule has 0 fully saturated rings. The quantitative estimate of drug-likeness (QED) is 0.0684. The maximum absolute atomic E-state index is 11.9. The van der Waals surface area contributed by atoms with Gasteiger partial charge in [-0.05, 0) is 121 Å². The minimum absolute atomic E-state index is 0. The van der Waals surface area contributed by atoms with Crippen LogP contribution in [-0.4, -0.2) is 108 Å². The molecule has 25 heteroatoms. The molecule has 5 amide bonds. The summed E-state index contributed by atoms with van der Waals surface area (Å²) in [7, 11) is -8.41. The molecule has 0 saturated heterocycles. The van der Waals surface area contributed by atoms with Crippen LogP contribution in [0.25, 0.3) is 10.9 Å². The van der Waals surface area contributed by atoms with Gasteiger partial charge in [0.15, 0.2) is 19.0 Å². The maximum atomic E-state index is 11.9. The second-order valence-electron chi connectivity index (χ2n) is 17.0. The van der Waals surface area contributed by atoms with Crippen molar-refractivity contribution in [2.45, 2.75) is 134 Å². The van der Waals surface area contributed by atoms with Crippen molar-refractivity contribution in [2.24, 2.45) is 0 Å². The third kappa shape index (κ3) is 37.6. The molecule has 0 unspecified atom stereocenters. The van der Waals surface area contributed by atoms with Gasteiger partial charge < -0.3 is 73.7 Å². The smallest absolute Gasteiger partial charge is 0.408 e. The van der Waals surface area contributed by atoms with E-state index in [0.29, 0.717) is 0 Å². The number of alkyl carbamates (subject to hydrolysis) is 3. The van der Waals surface area contributed by atoms with E-state index in [2.05, 4.69) is 45.4 Å². The first-order chi connectivity index (χ1) is 28.0. The number of aromatic amines is 1. The number of anilines is 1. The molecule has 2 aromatic rings. The molecule has 0 aliphatic rings. The van der Waals surface area contributed by atoms with Gasteiger partial charge in [0, 0.05) is 59.2 Å². The molecule has 22 nitrogen and oxygen atoms in total. The molecule has 64 heavy (non-hydrogen) atoms. The summed E-state index contributed by atoms with van der Waals surface area (Å²) < 4.78 is 66.6. The summed E-state index contributed by atoms with van der Waals surface area (Å²) in [4.78, 5) is 64.9. The van der Waals surface area contributed by atoms with Gasteiger partial charge in [-0.2, -0.15) is 0 Å². The summed E-state index contributed by atoms with van der Waals surface area (Å²) in [6, 6.07) is 7.55. The van der Waals surface area contributed by atoms with E-state index in [1.807, 2.05) is 72.0 Å². The van der Waals surface area contributed by atoms with Crippen LogP contribution in [0, 0.1) is 0 Å². The van der Waals surface area contributed by atoms with Gasteiger partial charge in [0.25, 0.3) is 0 Å². The lowest BCUT2D eigenvalue weighted by molar-refractivity contribution is 0.135. The van der Waals surface area contributed by atoms with Crippen molar-refractivity contribution >= 4 is 63.7 Å². The fraction of sp³-hybridized carbons (Fsp3) is 0.692. The first kappa shape index (κ1) is 66.9. The van der Waals surface area contributed by atoms with Crippen LogP contribution in [-0.2, 0) is 46.0 Å². The Morgan fingerprint density at radius 3 is 1.31 bits per heavy atom. The zero-order valence-corrected chi connectivity index (χ0v) is 41.6. The number of ether oxygens (including phenoxy) is 3. The van der Waals surface area contributed by atoms with Crippen LogP contribution in [0.2, 0.25) is 0 Å². The summed E-state index contributed by atoms with van der Waals surface area (Å²) in [6.07, 6.45) is -1.93. The number of hydrogen-bond acceptors (Lipinski definition) is 14. The average Bonchev–Trinajstić information content (AvgIpc) is 3.55. The van der Waals surface area contributed by atoms with Gasteiger partial charge in [0.2, 0.25) is 0 Å². The van der Waals surface area contributed by atoms with Crippen LogP contribution in [0.5, 0.6) is 0 Å². The zero-order chi connectivity index (χ0) is 48.8. The number of H-pyrrole nitrogens is 1. The Hall–Kier alpha value is -3.71. The number of fused-ring (bicyclic) bond motifs is 1. The first-order valence-corrected chi connectivity index (χ1v) is 24.4. The van der Waals surface area contributed by atoms with Crippen LogP contribution >= 0.6 is 22.8 Å². The lowest BCUT2D eigenvalue weighted by atomic mass is 10.1. The molecule has 1 aromatic carbocycles. The molecule has 1 heterocycles. The molecular formula is C39H79N6O16P3. The number of benzene rings is 1. The molecule has 0 bridgehead atoms. The lowest BCUT2D eigenvalue weighted by Gasteiger charge is -2.21. The van der Waals surface area contributed by atoms with Crippen molar-refractivity contribution < 1.29 is 75.0 Å². The number of amides is 5. The third-order valence-electron chi connectivity index (χ3n) is 6.01. The van der Waals surface area contributed by atoms with Crippen LogP contribution < -0.4 is 26.6 Å². The molecule has 8 N–H and O–H groups in total. The Labute approximate surface area is 380 Å². The Kier molecular flexibility index (Phi) is 31.1. The van der Waals surface area contributed by atoms with Gasteiger partial charge >= 0.3 is 47.1 Å². The average molecular weight is 981 g/mol. The van der Waals surface area contributed by atoms with E-state index >= 15 is 0 Å². The number of hydrogen-bond donors (Lipinski definition) is 8. The summed E-state index contributed by atoms with van der Waals surface area (Å²) in [5.41, 5.74) is 0.332. The van der Waals surface area contributed by atoms with Gasteiger partial charge in [0.1, 0.15) is 0 Å². The molecule has 0 aliphatic carbocycles. The molecular weight excluding hydrogens is 901 g/mol. The van der Waals surface area contributed by atoms with Crippen molar-refractivity contribution in [1.29, 1.82) is 0 Å². The molecule has 0 saturated carbocycles. The van der Waals surface area contributed by atoms with Crippen LogP contribution in [0.1, 0.15) is 112 Å². The number of carbonyl (C=O) groups is 4. The van der Waals surface area contributed by atoms with Gasteiger partial charge in [-0.3, -0.25) is 13.7 Å².